The number of anilines is 3. The van der Waals surface area contributed by atoms with Crippen molar-refractivity contribution in [1.82, 2.24) is 19.6 Å². The van der Waals surface area contributed by atoms with Gasteiger partial charge in [-0.05, 0) is 36.4 Å². The molecule has 1 aromatic carbocycles. The van der Waals surface area contributed by atoms with Gasteiger partial charge in [0.2, 0.25) is 5.95 Å². The summed E-state index contributed by atoms with van der Waals surface area (Å²) in [5.74, 6) is 1.96. The fraction of sp³-hybridized carbons (Fsp3) is 0.227. The van der Waals surface area contributed by atoms with E-state index in [4.69, 9.17) is 9.47 Å². The van der Waals surface area contributed by atoms with Gasteiger partial charge in [-0.1, -0.05) is 12.1 Å². The van der Waals surface area contributed by atoms with E-state index in [-0.39, 0.29) is 0 Å². The lowest BCUT2D eigenvalue weighted by Crippen LogP contribution is -2.36. The first-order valence-corrected chi connectivity index (χ1v) is 9.86. The van der Waals surface area contributed by atoms with Crippen LogP contribution in [0.5, 0.6) is 5.75 Å². The van der Waals surface area contributed by atoms with E-state index in [1.807, 2.05) is 53.2 Å². The molecule has 4 aromatic rings. The van der Waals surface area contributed by atoms with Gasteiger partial charge in [-0.2, -0.15) is 0 Å². The highest BCUT2D eigenvalue weighted by Crippen LogP contribution is 2.30. The number of aromatic nitrogens is 4. The number of hydrogen-bond acceptors (Lipinski definition) is 7. The van der Waals surface area contributed by atoms with Gasteiger partial charge in [0.25, 0.3) is 0 Å². The number of rotatable bonds is 5. The van der Waals surface area contributed by atoms with Crippen LogP contribution in [0.2, 0.25) is 0 Å². The van der Waals surface area contributed by atoms with Gasteiger partial charge in [-0.3, -0.25) is 0 Å². The van der Waals surface area contributed by atoms with E-state index in [0.717, 1.165) is 54.5 Å². The van der Waals surface area contributed by atoms with Crippen LogP contribution in [0.25, 0.3) is 16.8 Å². The van der Waals surface area contributed by atoms with E-state index >= 15 is 0 Å². The molecule has 8 heteroatoms. The van der Waals surface area contributed by atoms with Crippen molar-refractivity contribution < 1.29 is 9.47 Å². The molecule has 30 heavy (non-hydrogen) atoms. The number of fused-ring (bicyclic) bond motifs is 1. The summed E-state index contributed by atoms with van der Waals surface area (Å²) in [7, 11) is 1.67. The number of methoxy groups -OCH3 is 1. The lowest BCUT2D eigenvalue weighted by Gasteiger charge is -2.28. The summed E-state index contributed by atoms with van der Waals surface area (Å²) in [6.45, 7) is 3.26. The third-order valence-electron chi connectivity index (χ3n) is 5.15. The molecule has 0 spiro atoms. The zero-order chi connectivity index (χ0) is 20.3. The summed E-state index contributed by atoms with van der Waals surface area (Å²) in [5.41, 5.74) is 3.89. The minimum atomic E-state index is 0.474. The molecular formula is C22H22N6O2. The van der Waals surface area contributed by atoms with Crippen molar-refractivity contribution in [2.24, 2.45) is 0 Å². The number of ether oxygens (including phenoxy) is 2. The Morgan fingerprint density at radius 3 is 2.63 bits per heavy atom. The molecule has 1 aliphatic heterocycles. The molecule has 0 unspecified atom stereocenters. The van der Waals surface area contributed by atoms with Crippen LogP contribution < -0.4 is 15.0 Å². The number of nitrogens with zero attached hydrogens (tertiary/aromatic N) is 5. The number of nitrogens with one attached hydrogen (secondary N) is 1. The van der Waals surface area contributed by atoms with Gasteiger partial charge < -0.3 is 19.7 Å². The van der Waals surface area contributed by atoms with Gasteiger partial charge in [0.05, 0.1) is 49.6 Å². The normalized spacial score (nSPS) is 14.1. The zero-order valence-corrected chi connectivity index (χ0v) is 16.7. The topological polar surface area (TPSA) is 76.8 Å². The monoisotopic (exact) mass is 402 g/mol. The fourth-order valence-electron chi connectivity index (χ4n) is 3.60. The Hall–Kier alpha value is -3.65. The predicted molar refractivity (Wildman–Crippen MR) is 116 cm³/mol. The van der Waals surface area contributed by atoms with Crippen molar-refractivity contribution in [3.63, 3.8) is 0 Å². The van der Waals surface area contributed by atoms with E-state index in [1.54, 1.807) is 13.3 Å². The number of benzene rings is 1. The summed E-state index contributed by atoms with van der Waals surface area (Å²) in [6.07, 6.45) is 3.65. The van der Waals surface area contributed by atoms with Crippen molar-refractivity contribution in [2.75, 3.05) is 43.6 Å². The Balaban J connectivity index is 1.41. The molecule has 0 atom stereocenters. The van der Waals surface area contributed by atoms with Crippen LogP contribution in [-0.4, -0.2) is 53.0 Å². The highest BCUT2D eigenvalue weighted by atomic mass is 16.5. The van der Waals surface area contributed by atoms with Crippen LogP contribution in [0.4, 0.5) is 17.5 Å². The minimum Gasteiger partial charge on any atom is -0.496 e. The number of hydrogen-bond donors (Lipinski definition) is 1. The molecule has 0 bridgehead atoms. The molecule has 3 aromatic heterocycles. The Labute approximate surface area is 174 Å². The third-order valence-corrected chi connectivity index (χ3v) is 5.15. The van der Waals surface area contributed by atoms with E-state index < -0.39 is 0 Å². The maximum Gasteiger partial charge on any atom is 0.246 e. The molecule has 0 saturated carbocycles. The van der Waals surface area contributed by atoms with Crippen LogP contribution in [-0.2, 0) is 4.74 Å². The van der Waals surface area contributed by atoms with Crippen molar-refractivity contribution in [2.45, 2.75) is 0 Å². The zero-order valence-electron chi connectivity index (χ0n) is 16.7. The molecule has 1 fully saturated rings. The lowest BCUT2D eigenvalue weighted by atomic mass is 10.1. The Morgan fingerprint density at radius 1 is 0.967 bits per heavy atom. The molecule has 0 radical (unpaired) electrons. The number of morpholine rings is 1. The van der Waals surface area contributed by atoms with Crippen molar-refractivity contribution in [3.05, 3.63) is 60.9 Å². The van der Waals surface area contributed by atoms with Crippen LogP contribution in [0.15, 0.2) is 60.9 Å². The number of pyridine rings is 1. The fourth-order valence-corrected chi connectivity index (χ4v) is 3.60. The van der Waals surface area contributed by atoms with Gasteiger partial charge in [0.15, 0.2) is 0 Å². The van der Waals surface area contributed by atoms with Gasteiger partial charge in [-0.15, -0.1) is 5.10 Å². The van der Waals surface area contributed by atoms with Crippen molar-refractivity contribution in [3.8, 4) is 17.0 Å². The molecular weight excluding hydrogens is 380 g/mol. The minimum absolute atomic E-state index is 0.474. The summed E-state index contributed by atoms with van der Waals surface area (Å²) in [6, 6.07) is 15.9. The van der Waals surface area contributed by atoms with E-state index in [0.29, 0.717) is 11.8 Å². The molecule has 1 N–H and O–H groups in total. The summed E-state index contributed by atoms with van der Waals surface area (Å²) < 4.78 is 12.8. The Bertz CT molecular complexity index is 1150. The molecule has 1 saturated heterocycles. The van der Waals surface area contributed by atoms with Crippen molar-refractivity contribution in [1.29, 1.82) is 0 Å². The molecule has 0 amide bonds. The molecule has 8 nitrogen and oxygen atoms in total. The first-order valence-electron chi connectivity index (χ1n) is 9.86. The summed E-state index contributed by atoms with van der Waals surface area (Å²) in [5, 5.41) is 7.86. The van der Waals surface area contributed by atoms with Gasteiger partial charge in [0, 0.05) is 18.7 Å². The second-order valence-corrected chi connectivity index (χ2v) is 6.96. The SMILES string of the molecule is COc1ccccc1-c1ccc2cnc(Nc3ccc(N4CCOCC4)cn3)nn12. The molecule has 1 aliphatic rings. The van der Waals surface area contributed by atoms with Crippen LogP contribution in [0.1, 0.15) is 0 Å². The van der Waals surface area contributed by atoms with Crippen LogP contribution in [0.3, 0.4) is 0 Å². The summed E-state index contributed by atoms with van der Waals surface area (Å²) >= 11 is 0. The highest BCUT2D eigenvalue weighted by molar-refractivity contribution is 5.72. The first kappa shape index (κ1) is 18.4. The van der Waals surface area contributed by atoms with E-state index in [1.165, 1.54) is 0 Å². The second-order valence-electron chi connectivity index (χ2n) is 6.96. The largest absolute Gasteiger partial charge is 0.496 e. The summed E-state index contributed by atoms with van der Waals surface area (Å²) in [4.78, 5) is 11.2. The van der Waals surface area contributed by atoms with E-state index in [9.17, 15) is 0 Å². The maximum absolute atomic E-state index is 5.51. The van der Waals surface area contributed by atoms with Gasteiger partial charge in [-0.25, -0.2) is 14.5 Å². The van der Waals surface area contributed by atoms with Crippen LogP contribution in [0, 0.1) is 0 Å². The smallest absolute Gasteiger partial charge is 0.246 e. The second kappa shape index (κ2) is 8.00. The molecule has 4 heterocycles. The number of para-hydroxylation sites is 1. The highest BCUT2D eigenvalue weighted by Gasteiger charge is 2.13. The van der Waals surface area contributed by atoms with E-state index in [2.05, 4.69) is 31.3 Å². The molecule has 5 rings (SSSR count). The average Bonchev–Trinajstić information content (AvgIpc) is 3.23. The predicted octanol–water partition coefficient (Wildman–Crippen LogP) is 3.38. The average molecular weight is 402 g/mol. The van der Waals surface area contributed by atoms with Gasteiger partial charge >= 0.3 is 0 Å². The lowest BCUT2D eigenvalue weighted by molar-refractivity contribution is 0.122. The molecule has 0 aliphatic carbocycles. The Kier molecular flexibility index (Phi) is 4.90. The maximum atomic E-state index is 5.51. The first-order chi connectivity index (χ1) is 14.8. The van der Waals surface area contributed by atoms with Crippen LogP contribution >= 0.6 is 0 Å². The quantitative estimate of drug-likeness (QED) is 0.548. The third kappa shape index (κ3) is 3.53. The standard InChI is InChI=1S/C22H22N6O2/c1-29-20-5-3-2-4-18(20)19-8-6-17-15-24-22(26-28(17)19)25-21-9-7-16(14-23-21)27-10-12-30-13-11-27/h2-9,14-15H,10-13H2,1H3,(H,23,25,26). The van der Waals surface area contributed by atoms with Gasteiger partial charge in [0.1, 0.15) is 11.6 Å². The van der Waals surface area contributed by atoms with Crippen molar-refractivity contribution >= 4 is 23.0 Å². The molecule has 152 valence electrons. The Morgan fingerprint density at radius 2 is 1.83 bits per heavy atom.